The molecule has 1 aliphatic carbocycles. The van der Waals surface area contributed by atoms with E-state index in [4.69, 9.17) is 0 Å². The van der Waals surface area contributed by atoms with E-state index in [1.165, 1.54) is 0 Å². The molecule has 0 radical (unpaired) electrons. The van der Waals surface area contributed by atoms with E-state index in [1.807, 2.05) is 25.1 Å². The molecule has 1 fully saturated rings. The number of rotatable bonds is 2. The number of hydrogen-bond acceptors (Lipinski definition) is 4. The molecule has 0 aromatic carbocycles. The molecule has 0 spiro atoms. The second-order valence-electron chi connectivity index (χ2n) is 5.00. The van der Waals surface area contributed by atoms with Crippen LogP contribution in [0.4, 0.5) is 0 Å². The normalized spacial score (nSPS) is 16.4. The molecule has 0 atom stereocenters. The average Bonchev–Trinajstić information content (AvgIpc) is 2.39. The van der Waals surface area contributed by atoms with Crippen LogP contribution in [0.1, 0.15) is 30.8 Å². The first-order chi connectivity index (χ1) is 9.23. The Morgan fingerprint density at radius 1 is 1.21 bits per heavy atom. The molecule has 19 heavy (non-hydrogen) atoms. The molecule has 0 bridgehead atoms. The van der Waals surface area contributed by atoms with Crippen molar-refractivity contribution in [2.24, 2.45) is 0 Å². The zero-order valence-corrected chi connectivity index (χ0v) is 10.8. The van der Waals surface area contributed by atoms with Crippen LogP contribution in [0.2, 0.25) is 0 Å². The standard InChI is InChI=1S/C15H14N4/c1-11-9-13(12-3-7-17-8-4-12)19-14(18-11)15(10-16)5-2-6-15/h3-4,7-9H,2,5-6H2,1H3. The molecule has 0 N–H and O–H groups in total. The van der Waals surface area contributed by atoms with Gasteiger partial charge in [-0.1, -0.05) is 0 Å². The molecule has 2 aromatic heterocycles. The van der Waals surface area contributed by atoms with E-state index in [0.717, 1.165) is 36.2 Å². The highest BCUT2D eigenvalue weighted by atomic mass is 14.9. The molecule has 2 aromatic rings. The lowest BCUT2D eigenvalue weighted by Gasteiger charge is -2.33. The van der Waals surface area contributed by atoms with E-state index in [0.29, 0.717) is 5.82 Å². The minimum atomic E-state index is -0.464. The maximum Gasteiger partial charge on any atom is 0.149 e. The minimum absolute atomic E-state index is 0.464. The van der Waals surface area contributed by atoms with Crippen LogP contribution in [0.25, 0.3) is 11.3 Å². The van der Waals surface area contributed by atoms with Crippen LogP contribution >= 0.6 is 0 Å². The van der Waals surface area contributed by atoms with Gasteiger partial charge in [0.15, 0.2) is 0 Å². The Bertz CT molecular complexity index is 639. The highest BCUT2D eigenvalue weighted by Crippen LogP contribution is 2.41. The van der Waals surface area contributed by atoms with Gasteiger partial charge in [-0.3, -0.25) is 4.98 Å². The minimum Gasteiger partial charge on any atom is -0.265 e. The average molecular weight is 250 g/mol. The molecule has 2 heterocycles. The maximum atomic E-state index is 9.40. The second-order valence-corrected chi connectivity index (χ2v) is 5.00. The number of nitriles is 1. The molecular formula is C15H14N4. The fourth-order valence-corrected chi connectivity index (χ4v) is 2.37. The first-order valence-corrected chi connectivity index (χ1v) is 6.41. The molecule has 1 aliphatic rings. The molecule has 0 saturated heterocycles. The Morgan fingerprint density at radius 3 is 2.53 bits per heavy atom. The SMILES string of the molecule is Cc1cc(-c2ccncc2)nc(C2(C#N)CCC2)n1. The molecule has 0 aliphatic heterocycles. The van der Waals surface area contributed by atoms with Gasteiger partial charge in [0.25, 0.3) is 0 Å². The van der Waals surface area contributed by atoms with E-state index in [-0.39, 0.29) is 0 Å². The number of aromatic nitrogens is 3. The van der Waals surface area contributed by atoms with E-state index in [2.05, 4.69) is 21.0 Å². The third kappa shape index (κ3) is 1.97. The van der Waals surface area contributed by atoms with Crippen LogP contribution in [0.15, 0.2) is 30.6 Å². The summed E-state index contributed by atoms with van der Waals surface area (Å²) in [5.41, 5.74) is 2.31. The zero-order valence-electron chi connectivity index (χ0n) is 10.8. The Hall–Kier alpha value is -2.28. The molecular weight excluding hydrogens is 236 g/mol. The van der Waals surface area contributed by atoms with Crippen molar-refractivity contribution in [3.05, 3.63) is 42.1 Å². The lowest BCUT2D eigenvalue weighted by molar-refractivity contribution is 0.307. The van der Waals surface area contributed by atoms with Crippen LogP contribution in [0.3, 0.4) is 0 Å². The van der Waals surface area contributed by atoms with Gasteiger partial charge < -0.3 is 0 Å². The third-order valence-electron chi connectivity index (χ3n) is 3.68. The van der Waals surface area contributed by atoms with Crippen molar-refractivity contribution in [3.8, 4) is 17.3 Å². The number of hydrogen-bond donors (Lipinski definition) is 0. The van der Waals surface area contributed by atoms with E-state index in [1.54, 1.807) is 12.4 Å². The summed E-state index contributed by atoms with van der Waals surface area (Å²) in [6.07, 6.45) is 6.30. The Morgan fingerprint density at radius 2 is 1.95 bits per heavy atom. The molecule has 4 heteroatoms. The van der Waals surface area contributed by atoms with Crippen molar-refractivity contribution in [2.75, 3.05) is 0 Å². The number of aryl methyl sites for hydroxylation is 1. The monoisotopic (exact) mass is 250 g/mol. The zero-order chi connectivity index (χ0) is 13.3. The Kier molecular flexibility index (Phi) is 2.75. The highest BCUT2D eigenvalue weighted by molar-refractivity contribution is 5.58. The summed E-state index contributed by atoms with van der Waals surface area (Å²) in [6, 6.07) is 8.19. The van der Waals surface area contributed by atoms with E-state index < -0.39 is 5.41 Å². The van der Waals surface area contributed by atoms with Gasteiger partial charge in [0.2, 0.25) is 0 Å². The van der Waals surface area contributed by atoms with Gasteiger partial charge in [-0.25, -0.2) is 9.97 Å². The molecule has 4 nitrogen and oxygen atoms in total. The second kappa shape index (κ2) is 4.43. The van der Waals surface area contributed by atoms with Crippen LogP contribution in [-0.2, 0) is 5.41 Å². The van der Waals surface area contributed by atoms with Gasteiger partial charge >= 0.3 is 0 Å². The fourth-order valence-electron chi connectivity index (χ4n) is 2.37. The van der Waals surface area contributed by atoms with Crippen molar-refractivity contribution in [1.82, 2.24) is 15.0 Å². The largest absolute Gasteiger partial charge is 0.265 e. The lowest BCUT2D eigenvalue weighted by atomic mass is 9.69. The van der Waals surface area contributed by atoms with Crippen molar-refractivity contribution in [3.63, 3.8) is 0 Å². The van der Waals surface area contributed by atoms with Gasteiger partial charge in [0.1, 0.15) is 11.2 Å². The van der Waals surface area contributed by atoms with Gasteiger partial charge in [-0.05, 0) is 44.4 Å². The summed E-state index contributed by atoms with van der Waals surface area (Å²) in [5.74, 6) is 0.674. The third-order valence-corrected chi connectivity index (χ3v) is 3.68. The summed E-state index contributed by atoms with van der Waals surface area (Å²) in [5, 5.41) is 9.40. The highest BCUT2D eigenvalue weighted by Gasteiger charge is 2.42. The Balaban J connectivity index is 2.09. The maximum absolute atomic E-state index is 9.40. The molecule has 94 valence electrons. The van der Waals surface area contributed by atoms with Crippen molar-refractivity contribution in [1.29, 1.82) is 5.26 Å². The van der Waals surface area contributed by atoms with Gasteiger partial charge in [0.05, 0.1) is 11.8 Å². The first kappa shape index (κ1) is 11.8. The summed E-state index contributed by atoms with van der Waals surface area (Å²) in [6.45, 7) is 1.94. The molecule has 3 rings (SSSR count). The summed E-state index contributed by atoms with van der Waals surface area (Å²) in [7, 11) is 0. The van der Waals surface area contributed by atoms with Crippen molar-refractivity contribution < 1.29 is 0 Å². The summed E-state index contributed by atoms with van der Waals surface area (Å²) in [4.78, 5) is 13.1. The molecule has 0 unspecified atom stereocenters. The summed E-state index contributed by atoms with van der Waals surface area (Å²) >= 11 is 0. The fraction of sp³-hybridized carbons (Fsp3) is 0.333. The quantitative estimate of drug-likeness (QED) is 0.822. The van der Waals surface area contributed by atoms with Crippen LogP contribution in [-0.4, -0.2) is 15.0 Å². The lowest BCUT2D eigenvalue weighted by Crippen LogP contribution is -2.34. The van der Waals surface area contributed by atoms with Gasteiger partial charge in [-0.15, -0.1) is 0 Å². The van der Waals surface area contributed by atoms with Gasteiger partial charge in [0, 0.05) is 23.7 Å². The number of nitrogens with zero attached hydrogens (tertiary/aromatic N) is 4. The smallest absolute Gasteiger partial charge is 0.149 e. The first-order valence-electron chi connectivity index (χ1n) is 6.41. The van der Waals surface area contributed by atoms with Crippen molar-refractivity contribution >= 4 is 0 Å². The van der Waals surface area contributed by atoms with Crippen LogP contribution < -0.4 is 0 Å². The van der Waals surface area contributed by atoms with Crippen LogP contribution in [0, 0.1) is 18.3 Å². The van der Waals surface area contributed by atoms with Crippen LogP contribution in [0.5, 0.6) is 0 Å². The van der Waals surface area contributed by atoms with Crippen molar-refractivity contribution in [2.45, 2.75) is 31.6 Å². The van der Waals surface area contributed by atoms with E-state index >= 15 is 0 Å². The van der Waals surface area contributed by atoms with E-state index in [9.17, 15) is 5.26 Å². The number of pyridine rings is 1. The van der Waals surface area contributed by atoms with Gasteiger partial charge in [-0.2, -0.15) is 5.26 Å². The molecule has 0 amide bonds. The predicted molar refractivity (Wildman–Crippen MR) is 71.1 cm³/mol. The Labute approximate surface area is 112 Å². The summed E-state index contributed by atoms with van der Waals surface area (Å²) < 4.78 is 0. The molecule has 1 saturated carbocycles. The predicted octanol–water partition coefficient (Wildman–Crippen LogP) is 2.79. The topological polar surface area (TPSA) is 62.5 Å².